The Morgan fingerprint density at radius 2 is 2.00 bits per heavy atom. The van der Waals surface area contributed by atoms with E-state index >= 15 is 0 Å². The third-order valence-electron chi connectivity index (χ3n) is 2.73. The molecule has 1 aromatic heterocycles. The molecular weight excluding hydrogens is 270 g/mol. The number of benzene rings is 1. The second-order valence-electron chi connectivity index (χ2n) is 4.26. The summed E-state index contributed by atoms with van der Waals surface area (Å²) in [5.41, 5.74) is 1.28. The van der Waals surface area contributed by atoms with Crippen LogP contribution in [0.2, 0.25) is 0 Å². The molecule has 2 rings (SSSR count). The van der Waals surface area contributed by atoms with Crippen molar-refractivity contribution >= 4 is 5.91 Å². The third-order valence-corrected chi connectivity index (χ3v) is 2.73. The van der Waals surface area contributed by atoms with E-state index in [1.54, 1.807) is 7.11 Å². The summed E-state index contributed by atoms with van der Waals surface area (Å²) in [7, 11) is 1.63. The Bertz CT molecular complexity index is 558. The molecule has 110 valence electrons. The average Bonchev–Trinajstić information content (AvgIpc) is 2.55. The van der Waals surface area contributed by atoms with Gasteiger partial charge in [0, 0.05) is 26.0 Å². The van der Waals surface area contributed by atoms with Crippen LogP contribution in [0.5, 0.6) is 5.75 Å². The van der Waals surface area contributed by atoms with Gasteiger partial charge in [-0.05, 0) is 17.7 Å². The molecule has 1 heterocycles. The monoisotopic (exact) mass is 287 g/mol. The molecule has 0 bridgehead atoms. The Labute approximate surface area is 123 Å². The second kappa shape index (κ2) is 7.96. The molecule has 0 spiro atoms. The van der Waals surface area contributed by atoms with Gasteiger partial charge in [0.25, 0.3) is 5.91 Å². The zero-order valence-electron chi connectivity index (χ0n) is 11.8. The molecule has 0 saturated carbocycles. The van der Waals surface area contributed by atoms with Crippen molar-refractivity contribution in [1.29, 1.82) is 0 Å². The van der Waals surface area contributed by atoms with Crippen LogP contribution in [0.15, 0.2) is 42.9 Å². The highest BCUT2D eigenvalue weighted by Crippen LogP contribution is 2.12. The van der Waals surface area contributed by atoms with Gasteiger partial charge in [0.1, 0.15) is 18.1 Å². The van der Waals surface area contributed by atoms with Crippen LogP contribution >= 0.6 is 0 Å². The minimum Gasteiger partial charge on any atom is -0.491 e. The molecule has 0 aliphatic heterocycles. The number of nitrogens with one attached hydrogen (secondary N) is 1. The van der Waals surface area contributed by atoms with Crippen LogP contribution in [0.1, 0.15) is 16.1 Å². The number of carbonyl (C=O) groups is 1. The SMILES string of the molecule is COCCOc1ccc(CNC(=O)c2cnccn2)cc1. The van der Waals surface area contributed by atoms with Gasteiger partial charge >= 0.3 is 0 Å². The summed E-state index contributed by atoms with van der Waals surface area (Å²) in [5.74, 6) is 0.527. The number of methoxy groups -OCH3 is 1. The first-order valence-electron chi connectivity index (χ1n) is 6.54. The average molecular weight is 287 g/mol. The molecule has 6 heteroatoms. The first-order chi connectivity index (χ1) is 10.3. The van der Waals surface area contributed by atoms with Crippen LogP contribution in [0, 0.1) is 0 Å². The maximum absolute atomic E-state index is 11.8. The van der Waals surface area contributed by atoms with Crippen LogP contribution in [0.3, 0.4) is 0 Å². The van der Waals surface area contributed by atoms with E-state index in [1.165, 1.54) is 18.6 Å². The molecule has 2 aromatic rings. The Morgan fingerprint density at radius 1 is 1.19 bits per heavy atom. The summed E-state index contributed by atoms with van der Waals surface area (Å²) in [5, 5.41) is 2.78. The zero-order chi connectivity index (χ0) is 14.9. The molecule has 6 nitrogen and oxygen atoms in total. The van der Waals surface area contributed by atoms with Gasteiger partial charge in [-0.25, -0.2) is 4.98 Å². The standard InChI is InChI=1S/C15H17N3O3/c1-20-8-9-21-13-4-2-12(3-5-13)10-18-15(19)14-11-16-6-7-17-14/h2-7,11H,8-10H2,1H3,(H,18,19). The van der Waals surface area contributed by atoms with Gasteiger partial charge in [0.05, 0.1) is 12.8 Å². The summed E-state index contributed by atoms with van der Waals surface area (Å²) >= 11 is 0. The van der Waals surface area contributed by atoms with Gasteiger partial charge in [0.2, 0.25) is 0 Å². The zero-order valence-corrected chi connectivity index (χ0v) is 11.8. The number of amides is 1. The van der Waals surface area contributed by atoms with E-state index in [9.17, 15) is 4.79 Å². The second-order valence-corrected chi connectivity index (χ2v) is 4.26. The molecule has 0 radical (unpaired) electrons. The van der Waals surface area contributed by atoms with Crippen LogP contribution in [-0.2, 0) is 11.3 Å². The minimum absolute atomic E-state index is 0.247. The number of hydrogen-bond acceptors (Lipinski definition) is 5. The van der Waals surface area contributed by atoms with Crippen molar-refractivity contribution in [2.24, 2.45) is 0 Å². The molecule has 1 amide bonds. The number of ether oxygens (including phenoxy) is 2. The van der Waals surface area contributed by atoms with E-state index < -0.39 is 0 Å². The van der Waals surface area contributed by atoms with E-state index in [2.05, 4.69) is 15.3 Å². The van der Waals surface area contributed by atoms with Crippen molar-refractivity contribution in [3.63, 3.8) is 0 Å². The van der Waals surface area contributed by atoms with Crippen molar-refractivity contribution in [3.8, 4) is 5.75 Å². The molecule has 0 fully saturated rings. The van der Waals surface area contributed by atoms with Crippen molar-refractivity contribution in [2.75, 3.05) is 20.3 Å². The first-order valence-corrected chi connectivity index (χ1v) is 6.54. The third kappa shape index (κ3) is 4.85. The van der Waals surface area contributed by atoms with Crippen LogP contribution in [0.4, 0.5) is 0 Å². The minimum atomic E-state index is -0.247. The summed E-state index contributed by atoms with van der Waals surface area (Å²) in [4.78, 5) is 19.6. The fourth-order valence-electron chi connectivity index (χ4n) is 1.64. The number of aromatic nitrogens is 2. The molecule has 21 heavy (non-hydrogen) atoms. The predicted molar refractivity (Wildman–Crippen MR) is 77.0 cm³/mol. The van der Waals surface area contributed by atoms with Gasteiger partial charge in [-0.3, -0.25) is 9.78 Å². The van der Waals surface area contributed by atoms with Gasteiger partial charge in [-0.1, -0.05) is 12.1 Å². The number of rotatable bonds is 7. The summed E-state index contributed by atoms with van der Waals surface area (Å²) in [6, 6.07) is 7.52. The smallest absolute Gasteiger partial charge is 0.271 e. The van der Waals surface area contributed by atoms with Crippen molar-refractivity contribution < 1.29 is 14.3 Å². The molecule has 1 N–H and O–H groups in total. The maximum atomic E-state index is 11.8. The fourth-order valence-corrected chi connectivity index (χ4v) is 1.64. The quantitative estimate of drug-likeness (QED) is 0.780. The molecule has 0 aliphatic carbocycles. The molecule has 0 atom stereocenters. The van der Waals surface area contributed by atoms with E-state index in [0.717, 1.165) is 11.3 Å². The summed E-state index contributed by atoms with van der Waals surface area (Å²) < 4.78 is 10.4. The first kappa shape index (κ1) is 14.9. The van der Waals surface area contributed by atoms with E-state index in [4.69, 9.17) is 9.47 Å². The normalized spacial score (nSPS) is 10.1. The highest BCUT2D eigenvalue weighted by molar-refractivity contribution is 5.91. The lowest BCUT2D eigenvalue weighted by Crippen LogP contribution is -2.23. The van der Waals surface area contributed by atoms with Gasteiger partial charge < -0.3 is 14.8 Å². The van der Waals surface area contributed by atoms with Crippen LogP contribution < -0.4 is 10.1 Å². The topological polar surface area (TPSA) is 73.3 Å². The highest BCUT2D eigenvalue weighted by Gasteiger charge is 2.06. The summed E-state index contributed by atoms with van der Waals surface area (Å²) in [6.07, 6.45) is 4.45. The Hall–Kier alpha value is -2.47. The molecule has 0 aliphatic rings. The van der Waals surface area contributed by atoms with Crippen LogP contribution in [0.25, 0.3) is 0 Å². The van der Waals surface area contributed by atoms with Crippen LogP contribution in [-0.4, -0.2) is 36.2 Å². The van der Waals surface area contributed by atoms with Crippen molar-refractivity contribution in [1.82, 2.24) is 15.3 Å². The van der Waals surface area contributed by atoms with E-state index in [0.29, 0.717) is 25.5 Å². The largest absolute Gasteiger partial charge is 0.491 e. The maximum Gasteiger partial charge on any atom is 0.271 e. The molecular formula is C15H17N3O3. The Balaban J connectivity index is 1.82. The lowest BCUT2D eigenvalue weighted by molar-refractivity contribution is 0.0945. The van der Waals surface area contributed by atoms with Crippen molar-refractivity contribution in [3.05, 3.63) is 54.1 Å². The Morgan fingerprint density at radius 3 is 2.67 bits per heavy atom. The lowest BCUT2D eigenvalue weighted by atomic mass is 10.2. The fraction of sp³-hybridized carbons (Fsp3) is 0.267. The van der Waals surface area contributed by atoms with E-state index in [1.807, 2.05) is 24.3 Å². The lowest BCUT2D eigenvalue weighted by Gasteiger charge is -2.07. The molecule has 0 saturated heterocycles. The highest BCUT2D eigenvalue weighted by atomic mass is 16.5. The van der Waals surface area contributed by atoms with Crippen molar-refractivity contribution in [2.45, 2.75) is 6.54 Å². The van der Waals surface area contributed by atoms with Gasteiger partial charge in [-0.15, -0.1) is 0 Å². The summed E-state index contributed by atoms with van der Waals surface area (Å²) in [6.45, 7) is 1.49. The van der Waals surface area contributed by atoms with Gasteiger partial charge in [0.15, 0.2) is 0 Å². The number of carbonyl (C=O) groups excluding carboxylic acids is 1. The predicted octanol–water partition coefficient (Wildman–Crippen LogP) is 1.43. The Kier molecular flexibility index (Phi) is 5.66. The number of hydrogen-bond donors (Lipinski definition) is 1. The van der Waals surface area contributed by atoms with E-state index in [-0.39, 0.29) is 5.91 Å². The van der Waals surface area contributed by atoms with Gasteiger partial charge in [-0.2, -0.15) is 0 Å². The molecule has 0 unspecified atom stereocenters. The number of nitrogens with zero attached hydrogens (tertiary/aromatic N) is 2. The molecule has 1 aromatic carbocycles.